The van der Waals surface area contributed by atoms with Crippen LogP contribution in [0, 0.1) is 0 Å². The molecule has 0 fully saturated rings. The van der Waals surface area contributed by atoms with Crippen LogP contribution in [0.4, 0.5) is 0 Å². The van der Waals surface area contributed by atoms with Crippen molar-refractivity contribution in [3.63, 3.8) is 0 Å². The van der Waals surface area contributed by atoms with E-state index in [1.807, 2.05) is 66.7 Å². The summed E-state index contributed by atoms with van der Waals surface area (Å²) >= 11 is 12.0. The second kappa shape index (κ2) is 9.40. The first kappa shape index (κ1) is 19.2. The predicted molar refractivity (Wildman–Crippen MR) is 114 cm³/mol. The molecule has 0 saturated heterocycles. The van der Waals surface area contributed by atoms with Crippen LogP contribution in [0.2, 0.25) is 5.02 Å². The zero-order valence-corrected chi connectivity index (χ0v) is 16.5. The monoisotopic (exact) mass is 397 g/mol. The number of methoxy groups -OCH3 is 1. The summed E-state index contributed by atoms with van der Waals surface area (Å²) in [4.78, 5) is 0.605. The van der Waals surface area contributed by atoms with Crippen molar-refractivity contribution in [2.75, 3.05) is 7.11 Å². The highest BCUT2D eigenvalue weighted by atomic mass is 35.5. The lowest BCUT2D eigenvalue weighted by atomic mass is 10.1. The first-order valence-electron chi connectivity index (χ1n) is 8.54. The minimum absolute atomic E-state index is 0.410. The van der Waals surface area contributed by atoms with E-state index in [4.69, 9.17) is 33.3 Å². The van der Waals surface area contributed by atoms with Crippen molar-refractivity contribution in [3.8, 4) is 11.5 Å². The normalized spacial score (nSPS) is 10.3. The molecule has 0 amide bonds. The number of benzene rings is 3. The third-order valence-electron chi connectivity index (χ3n) is 4.01. The van der Waals surface area contributed by atoms with Gasteiger partial charge in [0.2, 0.25) is 0 Å². The molecule has 3 rings (SSSR count). The molecule has 138 valence electrons. The highest BCUT2D eigenvalue weighted by Gasteiger charge is 2.14. The quantitative estimate of drug-likeness (QED) is 0.541. The van der Waals surface area contributed by atoms with Crippen LogP contribution in [0.5, 0.6) is 11.5 Å². The van der Waals surface area contributed by atoms with E-state index in [2.05, 4.69) is 5.32 Å². The fraction of sp³-hybridized carbons (Fsp3) is 0.136. The molecule has 0 aromatic heterocycles. The van der Waals surface area contributed by atoms with E-state index < -0.39 is 0 Å². The Morgan fingerprint density at radius 2 is 1.59 bits per heavy atom. The van der Waals surface area contributed by atoms with Crippen LogP contribution < -0.4 is 14.8 Å². The zero-order chi connectivity index (χ0) is 19.1. The van der Waals surface area contributed by atoms with Crippen molar-refractivity contribution in [1.82, 2.24) is 5.32 Å². The summed E-state index contributed by atoms with van der Waals surface area (Å²) in [6.07, 6.45) is 0. The van der Waals surface area contributed by atoms with Gasteiger partial charge in [-0.3, -0.25) is 0 Å². The molecule has 1 N–H and O–H groups in total. The van der Waals surface area contributed by atoms with Crippen LogP contribution in [0.15, 0.2) is 72.8 Å². The minimum atomic E-state index is 0.410. The van der Waals surface area contributed by atoms with Gasteiger partial charge in [0.1, 0.15) is 11.6 Å². The van der Waals surface area contributed by atoms with E-state index in [0.29, 0.717) is 34.7 Å². The molecule has 27 heavy (non-hydrogen) atoms. The van der Waals surface area contributed by atoms with Gasteiger partial charge in [0.15, 0.2) is 11.5 Å². The zero-order valence-electron chi connectivity index (χ0n) is 14.9. The number of hydrogen-bond donors (Lipinski definition) is 1. The Hall–Kier alpha value is -2.56. The smallest absolute Gasteiger partial charge is 0.180 e. The summed E-state index contributed by atoms with van der Waals surface area (Å²) in [5.41, 5.74) is 3.00. The van der Waals surface area contributed by atoms with Gasteiger partial charge in [0.05, 0.1) is 12.1 Å². The fourth-order valence-corrected chi connectivity index (χ4v) is 3.06. The average molecular weight is 398 g/mol. The number of hydrogen-bond acceptors (Lipinski definition) is 3. The molecule has 0 saturated carbocycles. The molecule has 3 aromatic carbocycles. The van der Waals surface area contributed by atoms with Gasteiger partial charge in [-0.05, 0) is 23.3 Å². The van der Waals surface area contributed by atoms with E-state index in [1.165, 1.54) is 0 Å². The van der Waals surface area contributed by atoms with Crippen molar-refractivity contribution in [3.05, 3.63) is 94.5 Å². The van der Waals surface area contributed by atoms with Gasteiger partial charge < -0.3 is 14.8 Å². The Balaban J connectivity index is 1.71. The molecule has 0 aliphatic heterocycles. The molecular weight excluding hydrogens is 378 g/mol. The molecule has 0 aliphatic rings. The molecule has 3 nitrogen and oxygen atoms in total. The van der Waals surface area contributed by atoms with Gasteiger partial charge in [-0.2, -0.15) is 0 Å². The van der Waals surface area contributed by atoms with E-state index in [1.54, 1.807) is 13.2 Å². The maximum absolute atomic E-state index is 6.45. The molecule has 0 radical (unpaired) electrons. The first-order chi connectivity index (χ1) is 13.2. The highest BCUT2D eigenvalue weighted by molar-refractivity contribution is 7.80. The molecule has 0 spiro atoms. The minimum Gasteiger partial charge on any atom is -0.493 e. The fourth-order valence-electron chi connectivity index (χ4n) is 2.60. The average Bonchev–Trinajstić information content (AvgIpc) is 2.72. The first-order valence-corrected chi connectivity index (χ1v) is 9.32. The van der Waals surface area contributed by atoms with E-state index in [-0.39, 0.29) is 0 Å². The number of thiocarbonyl (C=S) groups is 1. The molecule has 0 unspecified atom stereocenters. The summed E-state index contributed by atoms with van der Waals surface area (Å²) in [6, 6.07) is 23.6. The lowest BCUT2D eigenvalue weighted by Gasteiger charge is -2.15. The van der Waals surface area contributed by atoms with Crippen LogP contribution in [0.1, 0.15) is 16.7 Å². The molecule has 0 aliphatic carbocycles. The van der Waals surface area contributed by atoms with Crippen molar-refractivity contribution in [2.24, 2.45) is 0 Å². The van der Waals surface area contributed by atoms with Crippen molar-refractivity contribution in [2.45, 2.75) is 13.2 Å². The van der Waals surface area contributed by atoms with Gasteiger partial charge in [-0.1, -0.05) is 84.5 Å². The summed E-state index contributed by atoms with van der Waals surface area (Å²) in [5, 5.41) is 3.71. The van der Waals surface area contributed by atoms with Gasteiger partial charge in [0.25, 0.3) is 0 Å². The second-order valence-corrected chi connectivity index (χ2v) is 6.75. The maximum Gasteiger partial charge on any atom is 0.180 e. The Labute approximate surface area is 169 Å². The molecular formula is C22H20ClNO2S. The second-order valence-electron chi connectivity index (χ2n) is 5.93. The summed E-state index contributed by atoms with van der Waals surface area (Å²) in [7, 11) is 1.59. The molecule has 0 bridgehead atoms. The molecule has 3 aromatic rings. The Kier molecular flexibility index (Phi) is 6.69. The third kappa shape index (κ3) is 5.22. The van der Waals surface area contributed by atoms with Crippen LogP contribution in [0.25, 0.3) is 0 Å². The van der Waals surface area contributed by atoms with Crippen molar-refractivity contribution in [1.29, 1.82) is 0 Å². The van der Waals surface area contributed by atoms with E-state index in [9.17, 15) is 0 Å². The van der Waals surface area contributed by atoms with Gasteiger partial charge in [-0.15, -0.1) is 0 Å². The number of nitrogens with one attached hydrogen (secondary N) is 1. The van der Waals surface area contributed by atoms with Crippen molar-refractivity contribution < 1.29 is 9.47 Å². The molecule has 0 atom stereocenters. The lowest BCUT2D eigenvalue weighted by Crippen LogP contribution is -2.21. The lowest BCUT2D eigenvalue weighted by molar-refractivity contribution is 0.284. The van der Waals surface area contributed by atoms with E-state index in [0.717, 1.165) is 16.7 Å². The Morgan fingerprint density at radius 3 is 2.22 bits per heavy atom. The third-order valence-corrected chi connectivity index (χ3v) is 4.67. The molecule has 0 heterocycles. The largest absolute Gasteiger partial charge is 0.493 e. The number of ether oxygens (including phenoxy) is 2. The SMILES string of the molecule is COc1cc(C(=S)NCc2ccccc2)cc(Cl)c1OCc1ccccc1. The Bertz CT molecular complexity index is 901. The summed E-state index contributed by atoms with van der Waals surface area (Å²) < 4.78 is 11.4. The summed E-state index contributed by atoms with van der Waals surface area (Å²) in [5.74, 6) is 1.06. The van der Waals surface area contributed by atoms with Crippen LogP contribution in [-0.4, -0.2) is 12.1 Å². The number of halogens is 1. The predicted octanol–water partition coefficient (Wildman–Crippen LogP) is 5.39. The van der Waals surface area contributed by atoms with E-state index >= 15 is 0 Å². The standard InChI is InChI=1S/C22H20ClNO2S/c1-25-20-13-18(22(27)24-14-16-8-4-2-5-9-16)12-19(23)21(20)26-15-17-10-6-3-7-11-17/h2-13H,14-15H2,1H3,(H,24,27). The van der Waals surface area contributed by atoms with Crippen LogP contribution in [0.3, 0.4) is 0 Å². The van der Waals surface area contributed by atoms with Gasteiger partial charge in [-0.25, -0.2) is 0 Å². The topological polar surface area (TPSA) is 30.5 Å². The Morgan fingerprint density at radius 1 is 0.963 bits per heavy atom. The molecule has 5 heteroatoms. The van der Waals surface area contributed by atoms with Gasteiger partial charge in [0, 0.05) is 12.1 Å². The van der Waals surface area contributed by atoms with Crippen molar-refractivity contribution >= 4 is 28.8 Å². The number of rotatable bonds is 7. The maximum atomic E-state index is 6.45. The summed E-state index contributed by atoms with van der Waals surface area (Å²) in [6.45, 7) is 1.05. The van der Waals surface area contributed by atoms with Crippen LogP contribution in [-0.2, 0) is 13.2 Å². The van der Waals surface area contributed by atoms with Gasteiger partial charge >= 0.3 is 0 Å². The van der Waals surface area contributed by atoms with Crippen LogP contribution >= 0.6 is 23.8 Å². The highest BCUT2D eigenvalue weighted by Crippen LogP contribution is 2.37.